The third-order valence-electron chi connectivity index (χ3n) is 5.89. The fraction of sp³-hybridized carbons (Fsp3) is 0.172. The molecule has 0 fully saturated rings. The molecule has 0 aliphatic carbocycles. The molecule has 1 amide bonds. The highest BCUT2D eigenvalue weighted by Gasteiger charge is 2.22. The summed E-state index contributed by atoms with van der Waals surface area (Å²) in [7, 11) is 0. The average molecular weight is 483 g/mol. The van der Waals surface area contributed by atoms with Crippen LogP contribution < -0.4 is 10.1 Å². The van der Waals surface area contributed by atoms with Gasteiger partial charge in [0.05, 0.1) is 0 Å². The number of benzene rings is 3. The van der Waals surface area contributed by atoms with Gasteiger partial charge in [-0.25, -0.2) is 4.98 Å². The van der Waals surface area contributed by atoms with Gasteiger partial charge in [0.1, 0.15) is 17.9 Å². The van der Waals surface area contributed by atoms with Crippen molar-refractivity contribution < 1.29 is 13.9 Å². The second-order valence-corrected chi connectivity index (χ2v) is 9.56. The van der Waals surface area contributed by atoms with Crippen LogP contribution in [-0.4, -0.2) is 10.9 Å². The lowest BCUT2D eigenvalue weighted by Gasteiger charge is -2.07. The fourth-order valence-corrected chi connectivity index (χ4v) is 4.75. The number of carbonyl (C=O) groups is 1. The molecule has 0 aliphatic heterocycles. The molecule has 3 aromatic carbocycles. The average Bonchev–Trinajstić information content (AvgIpc) is 3.48. The summed E-state index contributed by atoms with van der Waals surface area (Å²) in [6.45, 7) is 4.40. The van der Waals surface area contributed by atoms with Gasteiger partial charge in [-0.1, -0.05) is 67.1 Å². The maximum Gasteiger partial charge on any atom is 0.293 e. The molecule has 5 rings (SSSR count). The number of furan rings is 1. The molecule has 0 atom stereocenters. The maximum atomic E-state index is 13.2. The number of para-hydroxylation sites is 1. The molecule has 0 spiro atoms. The van der Waals surface area contributed by atoms with Crippen molar-refractivity contribution in [3.8, 4) is 5.75 Å². The first kappa shape index (κ1) is 22.9. The van der Waals surface area contributed by atoms with E-state index in [1.54, 1.807) is 0 Å². The summed E-state index contributed by atoms with van der Waals surface area (Å²) in [6.07, 6.45) is 3.61. The molecule has 2 heterocycles. The zero-order valence-electron chi connectivity index (χ0n) is 19.7. The molecule has 0 saturated heterocycles. The summed E-state index contributed by atoms with van der Waals surface area (Å²) in [5, 5.41) is 4.31. The lowest BCUT2D eigenvalue weighted by Crippen LogP contribution is -2.13. The van der Waals surface area contributed by atoms with Gasteiger partial charge in [-0.3, -0.25) is 10.1 Å². The number of ether oxygens (including phenoxy) is 1. The monoisotopic (exact) mass is 482 g/mol. The lowest BCUT2D eigenvalue weighted by molar-refractivity contribution is 0.0995. The molecule has 0 radical (unpaired) electrons. The Kier molecular flexibility index (Phi) is 6.64. The van der Waals surface area contributed by atoms with Gasteiger partial charge in [0.25, 0.3) is 5.91 Å². The Morgan fingerprint density at radius 2 is 1.74 bits per heavy atom. The number of hydrogen-bond donors (Lipinski definition) is 1. The van der Waals surface area contributed by atoms with E-state index in [0.717, 1.165) is 34.4 Å². The summed E-state index contributed by atoms with van der Waals surface area (Å²) in [6, 6.07) is 24.0. The van der Waals surface area contributed by atoms with Crippen LogP contribution in [0.3, 0.4) is 0 Å². The Bertz CT molecular complexity index is 1450. The molecule has 2 aromatic heterocycles. The smallest absolute Gasteiger partial charge is 0.293 e. The zero-order chi connectivity index (χ0) is 24.2. The number of fused-ring (bicyclic) bond motifs is 1. The van der Waals surface area contributed by atoms with Gasteiger partial charge >= 0.3 is 0 Å². The van der Waals surface area contributed by atoms with E-state index in [1.807, 2.05) is 61.7 Å². The number of thiazole rings is 1. The van der Waals surface area contributed by atoms with Crippen molar-refractivity contribution in [1.29, 1.82) is 0 Å². The Balaban J connectivity index is 1.33. The summed E-state index contributed by atoms with van der Waals surface area (Å²) >= 11 is 1.47. The third kappa shape index (κ3) is 5.28. The topological polar surface area (TPSA) is 64.4 Å². The van der Waals surface area contributed by atoms with Gasteiger partial charge in [0.2, 0.25) is 0 Å². The van der Waals surface area contributed by atoms with Gasteiger partial charge < -0.3 is 9.15 Å². The van der Waals surface area contributed by atoms with E-state index in [4.69, 9.17) is 9.15 Å². The predicted molar refractivity (Wildman–Crippen MR) is 140 cm³/mol. The normalized spacial score (nSPS) is 11.0. The Hall–Kier alpha value is -3.90. The van der Waals surface area contributed by atoms with Crippen molar-refractivity contribution in [1.82, 2.24) is 4.98 Å². The first-order chi connectivity index (χ1) is 17.1. The van der Waals surface area contributed by atoms with E-state index in [9.17, 15) is 4.79 Å². The first-order valence-corrected chi connectivity index (χ1v) is 12.4. The molecular formula is C29H26N2O3S. The number of rotatable bonds is 8. The van der Waals surface area contributed by atoms with Crippen LogP contribution in [0.25, 0.3) is 11.0 Å². The first-order valence-electron chi connectivity index (χ1n) is 11.6. The summed E-state index contributed by atoms with van der Waals surface area (Å²) < 4.78 is 11.9. The number of hydrogen-bond acceptors (Lipinski definition) is 5. The Morgan fingerprint density at radius 1 is 1.00 bits per heavy atom. The molecule has 0 bridgehead atoms. The lowest BCUT2D eigenvalue weighted by atomic mass is 10.1. The molecule has 0 unspecified atom stereocenters. The molecule has 0 saturated carbocycles. The van der Waals surface area contributed by atoms with Crippen LogP contribution in [0.15, 0.2) is 83.4 Å². The van der Waals surface area contributed by atoms with Gasteiger partial charge in [0.15, 0.2) is 10.9 Å². The zero-order valence-corrected chi connectivity index (χ0v) is 20.5. The van der Waals surface area contributed by atoms with Crippen molar-refractivity contribution in [3.05, 3.63) is 112 Å². The van der Waals surface area contributed by atoms with Crippen molar-refractivity contribution in [2.75, 3.05) is 5.32 Å². The van der Waals surface area contributed by atoms with Crippen LogP contribution >= 0.6 is 11.3 Å². The number of aryl methyl sites for hydroxylation is 2. The highest BCUT2D eigenvalue weighted by Crippen LogP contribution is 2.29. The summed E-state index contributed by atoms with van der Waals surface area (Å²) in [5.74, 6) is 0.644. The standard InChI is InChI=1S/C29H26N2O3S/c1-3-20-10-12-21(13-11-20)16-23-17-30-29(35-23)31-28(32)27-25(24-6-4-5-7-26(24)34-27)18-33-22-14-8-19(2)9-15-22/h4-15,17H,3,16,18H2,1-2H3,(H,30,31,32). The Morgan fingerprint density at radius 3 is 2.51 bits per heavy atom. The molecular weight excluding hydrogens is 456 g/mol. The van der Waals surface area contributed by atoms with Crippen LogP contribution in [0.1, 0.15) is 44.6 Å². The van der Waals surface area contributed by atoms with E-state index >= 15 is 0 Å². The minimum absolute atomic E-state index is 0.222. The molecule has 6 heteroatoms. The third-order valence-corrected chi connectivity index (χ3v) is 6.81. The molecule has 5 aromatic rings. The highest BCUT2D eigenvalue weighted by molar-refractivity contribution is 7.15. The minimum atomic E-state index is -0.336. The Labute approximate surface area is 208 Å². The largest absolute Gasteiger partial charge is 0.489 e. The van der Waals surface area contributed by atoms with E-state index in [2.05, 4.69) is 41.5 Å². The van der Waals surface area contributed by atoms with Crippen molar-refractivity contribution in [2.24, 2.45) is 0 Å². The van der Waals surface area contributed by atoms with Crippen LogP contribution in [0.4, 0.5) is 5.13 Å². The molecule has 5 nitrogen and oxygen atoms in total. The fourth-order valence-electron chi connectivity index (χ4n) is 3.91. The van der Waals surface area contributed by atoms with Crippen LogP contribution in [-0.2, 0) is 19.4 Å². The van der Waals surface area contributed by atoms with Gasteiger partial charge in [-0.2, -0.15) is 0 Å². The van der Waals surface area contributed by atoms with Gasteiger partial charge in [0, 0.05) is 28.4 Å². The quantitative estimate of drug-likeness (QED) is 0.254. The summed E-state index contributed by atoms with van der Waals surface area (Å²) in [5.41, 5.74) is 5.06. The number of anilines is 1. The minimum Gasteiger partial charge on any atom is -0.489 e. The second-order valence-electron chi connectivity index (χ2n) is 8.44. The number of aromatic nitrogens is 1. The van der Waals surface area contributed by atoms with E-state index in [-0.39, 0.29) is 18.3 Å². The van der Waals surface area contributed by atoms with Gasteiger partial charge in [-0.15, -0.1) is 11.3 Å². The number of amides is 1. The molecule has 176 valence electrons. The summed E-state index contributed by atoms with van der Waals surface area (Å²) in [4.78, 5) is 18.7. The number of nitrogens with zero attached hydrogens (tertiary/aromatic N) is 1. The number of nitrogens with one attached hydrogen (secondary N) is 1. The predicted octanol–water partition coefficient (Wildman–Crippen LogP) is 7.18. The SMILES string of the molecule is CCc1ccc(Cc2cnc(NC(=O)c3oc4ccccc4c3COc3ccc(C)cc3)s2)cc1. The van der Waals surface area contributed by atoms with Crippen molar-refractivity contribution >= 4 is 33.3 Å². The second kappa shape index (κ2) is 10.2. The molecule has 35 heavy (non-hydrogen) atoms. The van der Waals surface area contributed by atoms with E-state index in [0.29, 0.717) is 16.3 Å². The van der Waals surface area contributed by atoms with Crippen LogP contribution in [0, 0.1) is 6.92 Å². The van der Waals surface area contributed by atoms with Crippen molar-refractivity contribution in [2.45, 2.75) is 33.3 Å². The van der Waals surface area contributed by atoms with Gasteiger partial charge in [-0.05, 0) is 42.7 Å². The van der Waals surface area contributed by atoms with E-state index < -0.39 is 0 Å². The maximum absolute atomic E-state index is 13.2. The molecule has 1 N–H and O–H groups in total. The van der Waals surface area contributed by atoms with Crippen LogP contribution in [0.2, 0.25) is 0 Å². The van der Waals surface area contributed by atoms with Crippen LogP contribution in [0.5, 0.6) is 5.75 Å². The van der Waals surface area contributed by atoms with E-state index in [1.165, 1.54) is 22.5 Å². The van der Waals surface area contributed by atoms with Crippen molar-refractivity contribution in [3.63, 3.8) is 0 Å². The molecule has 0 aliphatic rings. The number of carbonyl (C=O) groups excluding carboxylic acids is 1. The highest BCUT2D eigenvalue weighted by atomic mass is 32.1.